The standard InChI is InChI=1S/C18H42O6Si4/c1-25(2,3)20-13-14-15(22-26(4,5)6)16(23-27(7,8)9)17(18(19)21-14)24-28(10,11)12/h14-17H,13H2,1-12H3/t14-,15-,16+,17-/m0/s1. The molecule has 0 aliphatic carbocycles. The lowest BCUT2D eigenvalue weighted by Crippen LogP contribution is -2.64. The summed E-state index contributed by atoms with van der Waals surface area (Å²) in [6.07, 6.45) is -2.08. The maximum absolute atomic E-state index is 12.9. The van der Waals surface area contributed by atoms with Crippen LogP contribution in [0.2, 0.25) is 78.6 Å². The molecule has 28 heavy (non-hydrogen) atoms. The highest BCUT2D eigenvalue weighted by Gasteiger charge is 2.52. The molecule has 1 rings (SSSR count). The van der Waals surface area contributed by atoms with E-state index in [1.165, 1.54) is 0 Å². The second kappa shape index (κ2) is 9.12. The van der Waals surface area contributed by atoms with Crippen molar-refractivity contribution in [3.63, 3.8) is 0 Å². The van der Waals surface area contributed by atoms with Gasteiger partial charge in [0.15, 0.2) is 45.5 Å². The largest absolute Gasteiger partial charge is 0.455 e. The van der Waals surface area contributed by atoms with Gasteiger partial charge in [0.05, 0.1) is 6.61 Å². The third-order valence-corrected chi connectivity index (χ3v) is 7.58. The van der Waals surface area contributed by atoms with Gasteiger partial charge in [-0.05, 0) is 78.6 Å². The number of ether oxygens (including phenoxy) is 1. The summed E-state index contributed by atoms with van der Waals surface area (Å²) in [5, 5.41) is 0. The van der Waals surface area contributed by atoms with Gasteiger partial charge in [0, 0.05) is 0 Å². The first-order valence-electron chi connectivity index (χ1n) is 10.2. The fraction of sp³-hybridized carbons (Fsp3) is 0.944. The van der Waals surface area contributed by atoms with Gasteiger partial charge in [-0.2, -0.15) is 0 Å². The van der Waals surface area contributed by atoms with E-state index >= 15 is 0 Å². The summed E-state index contributed by atoms with van der Waals surface area (Å²) in [6, 6.07) is 0. The maximum atomic E-state index is 12.9. The minimum atomic E-state index is -2.00. The van der Waals surface area contributed by atoms with Crippen LogP contribution in [-0.2, 0) is 27.2 Å². The number of carbonyl (C=O) groups is 1. The minimum Gasteiger partial charge on any atom is -0.455 e. The highest BCUT2D eigenvalue weighted by atomic mass is 28.4. The predicted octanol–water partition coefficient (Wildman–Crippen LogP) is 4.42. The van der Waals surface area contributed by atoms with Crippen LogP contribution in [0.5, 0.6) is 0 Å². The van der Waals surface area contributed by atoms with Crippen molar-refractivity contribution in [2.45, 2.75) is 103 Å². The maximum Gasteiger partial charge on any atom is 0.337 e. The zero-order chi connectivity index (χ0) is 22.1. The number of rotatable bonds is 9. The fourth-order valence-electron chi connectivity index (χ4n) is 2.85. The van der Waals surface area contributed by atoms with Crippen molar-refractivity contribution in [2.24, 2.45) is 0 Å². The Morgan fingerprint density at radius 3 is 1.50 bits per heavy atom. The molecule has 0 saturated carbocycles. The summed E-state index contributed by atoms with van der Waals surface area (Å²) in [7, 11) is -7.66. The van der Waals surface area contributed by atoms with Crippen molar-refractivity contribution in [1.29, 1.82) is 0 Å². The monoisotopic (exact) mass is 466 g/mol. The van der Waals surface area contributed by atoms with Crippen molar-refractivity contribution in [1.82, 2.24) is 0 Å². The van der Waals surface area contributed by atoms with Crippen molar-refractivity contribution in [2.75, 3.05) is 6.61 Å². The van der Waals surface area contributed by atoms with E-state index < -0.39 is 51.6 Å². The molecule has 0 aromatic heterocycles. The average molecular weight is 467 g/mol. The molecule has 10 heteroatoms. The number of esters is 1. The molecule has 0 radical (unpaired) electrons. The lowest BCUT2D eigenvalue weighted by Gasteiger charge is -2.47. The number of carbonyl (C=O) groups excluding carboxylic acids is 1. The van der Waals surface area contributed by atoms with Crippen LogP contribution in [0, 0.1) is 0 Å². The molecule has 1 fully saturated rings. The van der Waals surface area contributed by atoms with Crippen LogP contribution in [-0.4, -0.2) is 70.3 Å². The van der Waals surface area contributed by atoms with Gasteiger partial charge in [0.25, 0.3) is 0 Å². The number of hydrogen-bond acceptors (Lipinski definition) is 6. The molecule has 1 heterocycles. The predicted molar refractivity (Wildman–Crippen MR) is 124 cm³/mol. The topological polar surface area (TPSA) is 63.2 Å². The summed E-state index contributed by atoms with van der Waals surface area (Å²) in [6.45, 7) is 25.7. The van der Waals surface area contributed by atoms with Crippen molar-refractivity contribution in [3.05, 3.63) is 0 Å². The summed E-state index contributed by atoms with van der Waals surface area (Å²) >= 11 is 0. The zero-order valence-corrected chi connectivity index (χ0v) is 24.0. The Morgan fingerprint density at radius 2 is 1.11 bits per heavy atom. The van der Waals surface area contributed by atoms with E-state index in [-0.39, 0.29) is 12.1 Å². The first-order valence-corrected chi connectivity index (χ1v) is 23.8. The molecule has 0 unspecified atom stereocenters. The van der Waals surface area contributed by atoms with Gasteiger partial charge in [0.1, 0.15) is 12.2 Å². The molecule has 0 aromatic rings. The van der Waals surface area contributed by atoms with E-state index in [0.717, 1.165) is 0 Å². The first kappa shape index (κ1) is 26.2. The average Bonchev–Trinajstić information content (AvgIpc) is 2.39. The van der Waals surface area contributed by atoms with Crippen LogP contribution in [0.4, 0.5) is 0 Å². The van der Waals surface area contributed by atoms with E-state index in [1.807, 2.05) is 0 Å². The quantitative estimate of drug-likeness (QED) is 0.370. The minimum absolute atomic E-state index is 0.335. The number of cyclic esters (lactones) is 1. The Hall–Kier alpha value is 0.178. The fourth-order valence-corrected chi connectivity index (χ4v) is 6.68. The Bertz CT molecular complexity index is 530. The van der Waals surface area contributed by atoms with Crippen LogP contribution in [0.25, 0.3) is 0 Å². The van der Waals surface area contributed by atoms with Gasteiger partial charge in [-0.1, -0.05) is 0 Å². The number of hydrogen-bond donors (Lipinski definition) is 0. The highest BCUT2D eigenvalue weighted by molar-refractivity contribution is 6.71. The van der Waals surface area contributed by atoms with Crippen LogP contribution >= 0.6 is 0 Å². The van der Waals surface area contributed by atoms with Crippen molar-refractivity contribution >= 4 is 39.2 Å². The Balaban J connectivity index is 3.28. The van der Waals surface area contributed by atoms with Crippen LogP contribution < -0.4 is 0 Å². The summed E-state index contributed by atoms with van der Waals surface area (Å²) in [5.74, 6) is -0.356. The molecule has 0 bridgehead atoms. The van der Waals surface area contributed by atoms with Crippen LogP contribution in [0.1, 0.15) is 0 Å². The first-order chi connectivity index (χ1) is 12.3. The van der Waals surface area contributed by atoms with Crippen LogP contribution in [0.15, 0.2) is 0 Å². The highest BCUT2D eigenvalue weighted by Crippen LogP contribution is 2.31. The molecule has 6 nitrogen and oxygen atoms in total. The van der Waals surface area contributed by atoms with Gasteiger partial charge >= 0.3 is 5.97 Å². The summed E-state index contributed by atoms with van der Waals surface area (Å²) in [4.78, 5) is 12.9. The van der Waals surface area contributed by atoms with Gasteiger partial charge in [-0.25, -0.2) is 4.79 Å². The molecule has 0 N–H and O–H groups in total. The van der Waals surface area contributed by atoms with Gasteiger partial charge in [-0.3, -0.25) is 0 Å². The smallest absolute Gasteiger partial charge is 0.337 e. The molecule has 0 spiro atoms. The van der Waals surface area contributed by atoms with Gasteiger partial charge < -0.3 is 22.4 Å². The van der Waals surface area contributed by atoms with Crippen LogP contribution in [0.3, 0.4) is 0 Å². The van der Waals surface area contributed by atoms with Crippen molar-refractivity contribution in [3.8, 4) is 0 Å². The summed E-state index contributed by atoms with van der Waals surface area (Å²) in [5.41, 5.74) is 0. The SMILES string of the molecule is C[Si](C)(C)OC[C@@H]1OC(=O)[C@@H](O[Si](C)(C)C)[C@H](O[Si](C)(C)C)[C@H]1O[Si](C)(C)C. The second-order valence-electron chi connectivity index (χ2n) is 11.4. The van der Waals surface area contributed by atoms with E-state index in [1.54, 1.807) is 0 Å². The van der Waals surface area contributed by atoms with E-state index in [9.17, 15) is 4.79 Å². The van der Waals surface area contributed by atoms with E-state index in [0.29, 0.717) is 6.61 Å². The van der Waals surface area contributed by atoms with Gasteiger partial charge in [0.2, 0.25) is 0 Å². The Labute approximate surface area is 176 Å². The molecule has 0 aromatic carbocycles. The zero-order valence-electron chi connectivity index (χ0n) is 20.0. The Morgan fingerprint density at radius 1 is 0.679 bits per heavy atom. The third kappa shape index (κ3) is 9.79. The van der Waals surface area contributed by atoms with E-state index in [2.05, 4.69) is 78.6 Å². The Kier molecular flexibility index (Phi) is 8.54. The van der Waals surface area contributed by atoms with Gasteiger partial charge in [-0.15, -0.1) is 0 Å². The molecule has 1 aliphatic rings. The molecule has 166 valence electrons. The summed E-state index contributed by atoms with van der Waals surface area (Å²) < 4.78 is 31.2. The normalized spacial score (nSPS) is 27.6. The lowest BCUT2D eigenvalue weighted by molar-refractivity contribution is -0.198. The molecular weight excluding hydrogens is 425 g/mol. The molecule has 0 amide bonds. The lowest BCUT2D eigenvalue weighted by atomic mass is 10.0. The molecular formula is C18H42O6Si4. The molecule has 1 saturated heterocycles. The molecule has 4 atom stereocenters. The third-order valence-electron chi connectivity index (χ3n) is 3.63. The van der Waals surface area contributed by atoms with Crippen molar-refractivity contribution < 1.29 is 27.2 Å². The van der Waals surface area contributed by atoms with E-state index in [4.69, 9.17) is 22.4 Å². The molecule has 1 aliphatic heterocycles. The second-order valence-corrected chi connectivity index (χ2v) is 29.3.